The monoisotopic (exact) mass is 284 g/mol. The normalized spacial score (nSPS) is 30.1. The number of fused-ring (bicyclic) bond motifs is 1. The van der Waals surface area contributed by atoms with Gasteiger partial charge in [-0.15, -0.1) is 0 Å². The van der Waals surface area contributed by atoms with E-state index in [1.807, 2.05) is 13.0 Å². The van der Waals surface area contributed by atoms with Crippen LogP contribution in [0.15, 0.2) is 23.5 Å². The predicted molar refractivity (Wildman–Crippen MR) is 69.5 cm³/mol. The molecule has 0 aromatic rings. The molecule has 20 heavy (non-hydrogen) atoms. The van der Waals surface area contributed by atoms with Crippen molar-refractivity contribution in [1.29, 1.82) is 0 Å². The molecule has 0 radical (unpaired) electrons. The molecule has 6 heteroatoms. The summed E-state index contributed by atoms with van der Waals surface area (Å²) in [6, 6.07) is 0. The summed E-state index contributed by atoms with van der Waals surface area (Å²) in [4.78, 5) is 11.2. The third-order valence-corrected chi connectivity index (χ3v) is 3.67. The highest BCUT2D eigenvalue weighted by Crippen LogP contribution is 2.43. The number of aliphatic hydroxyl groups excluding tert-OH is 1. The van der Waals surface area contributed by atoms with Gasteiger partial charge in [0.2, 0.25) is 6.29 Å². The first-order valence-corrected chi connectivity index (χ1v) is 6.74. The highest BCUT2D eigenvalue weighted by Gasteiger charge is 2.44. The molecular formula is C14H20O6. The Bertz CT molecular complexity index is 427. The van der Waals surface area contributed by atoms with Gasteiger partial charge in [-0.05, 0) is 25.8 Å². The number of carbonyl (C=O) groups is 1. The standard InChI is InChI=1S/C14H20O6/c1-3-18-8(2)20-14-12-9(6-15)4-5-10(12)11(7-19-14)13(16)17/h4,7-8,10,12,14-15H,3,5-6H2,1-2H3,(H,16,17). The zero-order chi connectivity index (χ0) is 14.7. The van der Waals surface area contributed by atoms with Crippen LogP contribution in [0.3, 0.4) is 0 Å². The molecule has 2 N–H and O–H groups in total. The maximum absolute atomic E-state index is 11.2. The largest absolute Gasteiger partial charge is 0.478 e. The van der Waals surface area contributed by atoms with Crippen molar-refractivity contribution in [1.82, 2.24) is 0 Å². The van der Waals surface area contributed by atoms with Crippen LogP contribution in [0.25, 0.3) is 0 Å². The lowest BCUT2D eigenvalue weighted by Gasteiger charge is -2.35. The van der Waals surface area contributed by atoms with Crippen LogP contribution in [-0.4, -0.2) is 42.0 Å². The maximum atomic E-state index is 11.2. The summed E-state index contributed by atoms with van der Waals surface area (Å²) < 4.78 is 16.4. The van der Waals surface area contributed by atoms with Crippen molar-refractivity contribution >= 4 is 5.97 Å². The molecule has 2 aliphatic rings. The molecule has 0 amide bonds. The summed E-state index contributed by atoms with van der Waals surface area (Å²) in [5.41, 5.74) is 0.981. The Morgan fingerprint density at radius 1 is 1.60 bits per heavy atom. The van der Waals surface area contributed by atoms with Crippen LogP contribution in [0.5, 0.6) is 0 Å². The van der Waals surface area contributed by atoms with Gasteiger partial charge in [-0.2, -0.15) is 0 Å². The Hall–Kier alpha value is -1.37. The average molecular weight is 284 g/mol. The van der Waals surface area contributed by atoms with Gasteiger partial charge in [0.1, 0.15) is 0 Å². The number of allylic oxidation sites excluding steroid dienone is 1. The summed E-state index contributed by atoms with van der Waals surface area (Å²) in [6.45, 7) is 4.01. The fourth-order valence-electron chi connectivity index (χ4n) is 2.78. The number of carboxylic acid groups (broad SMARTS) is 1. The summed E-state index contributed by atoms with van der Waals surface area (Å²) in [7, 11) is 0. The van der Waals surface area contributed by atoms with E-state index >= 15 is 0 Å². The minimum atomic E-state index is -0.996. The van der Waals surface area contributed by atoms with E-state index in [-0.39, 0.29) is 24.0 Å². The van der Waals surface area contributed by atoms with Gasteiger partial charge < -0.3 is 24.4 Å². The zero-order valence-electron chi connectivity index (χ0n) is 11.6. The zero-order valence-corrected chi connectivity index (χ0v) is 11.6. The molecule has 6 nitrogen and oxygen atoms in total. The van der Waals surface area contributed by atoms with Crippen molar-refractivity contribution in [2.75, 3.05) is 13.2 Å². The lowest BCUT2D eigenvalue weighted by Crippen LogP contribution is -2.39. The predicted octanol–water partition coefficient (Wildman–Crippen LogP) is 1.27. The van der Waals surface area contributed by atoms with Crippen molar-refractivity contribution in [3.8, 4) is 0 Å². The molecule has 4 atom stereocenters. The van der Waals surface area contributed by atoms with Crippen molar-refractivity contribution in [2.24, 2.45) is 11.8 Å². The quantitative estimate of drug-likeness (QED) is 0.564. The van der Waals surface area contributed by atoms with E-state index in [2.05, 4.69) is 0 Å². The molecule has 0 aromatic heterocycles. The van der Waals surface area contributed by atoms with Crippen LogP contribution in [0.1, 0.15) is 20.3 Å². The molecule has 1 aliphatic carbocycles. The smallest absolute Gasteiger partial charge is 0.335 e. The average Bonchev–Trinajstić information content (AvgIpc) is 2.83. The Balaban J connectivity index is 2.17. The van der Waals surface area contributed by atoms with Gasteiger partial charge in [-0.3, -0.25) is 0 Å². The Labute approximate surface area is 117 Å². The number of aliphatic hydroxyl groups is 1. The fraction of sp³-hybridized carbons (Fsp3) is 0.643. The molecule has 0 saturated heterocycles. The molecular weight excluding hydrogens is 264 g/mol. The minimum absolute atomic E-state index is 0.125. The van der Waals surface area contributed by atoms with E-state index in [1.54, 1.807) is 6.92 Å². The van der Waals surface area contributed by atoms with Crippen LogP contribution in [0.4, 0.5) is 0 Å². The minimum Gasteiger partial charge on any atom is -0.478 e. The van der Waals surface area contributed by atoms with E-state index in [1.165, 1.54) is 6.26 Å². The van der Waals surface area contributed by atoms with E-state index in [0.717, 1.165) is 5.57 Å². The first-order valence-electron chi connectivity index (χ1n) is 6.74. The number of rotatable bonds is 6. The van der Waals surface area contributed by atoms with Crippen LogP contribution in [0, 0.1) is 11.8 Å². The lowest BCUT2D eigenvalue weighted by atomic mass is 9.83. The van der Waals surface area contributed by atoms with Crippen LogP contribution >= 0.6 is 0 Å². The van der Waals surface area contributed by atoms with Gasteiger partial charge in [0.25, 0.3) is 0 Å². The lowest BCUT2D eigenvalue weighted by molar-refractivity contribution is -0.242. The summed E-state index contributed by atoms with van der Waals surface area (Å²) >= 11 is 0. The number of hydrogen-bond donors (Lipinski definition) is 2. The van der Waals surface area contributed by atoms with Crippen molar-refractivity contribution < 1.29 is 29.2 Å². The van der Waals surface area contributed by atoms with Gasteiger partial charge in [-0.1, -0.05) is 6.08 Å². The Morgan fingerprint density at radius 3 is 2.95 bits per heavy atom. The molecule has 1 heterocycles. The summed E-state index contributed by atoms with van der Waals surface area (Å²) in [6.07, 6.45) is 2.60. The Kier molecular flexibility index (Phi) is 4.80. The van der Waals surface area contributed by atoms with E-state index in [9.17, 15) is 15.0 Å². The summed E-state index contributed by atoms with van der Waals surface area (Å²) in [5, 5.41) is 18.6. The van der Waals surface area contributed by atoms with Gasteiger partial charge >= 0.3 is 5.97 Å². The Morgan fingerprint density at radius 2 is 2.35 bits per heavy atom. The molecule has 112 valence electrons. The number of aliphatic carboxylic acids is 1. The highest BCUT2D eigenvalue weighted by molar-refractivity contribution is 5.87. The first kappa shape index (κ1) is 15.0. The molecule has 4 unspecified atom stereocenters. The molecule has 0 aromatic carbocycles. The second kappa shape index (κ2) is 6.39. The van der Waals surface area contributed by atoms with Crippen LogP contribution < -0.4 is 0 Å². The molecule has 0 fully saturated rings. The molecule has 2 rings (SSSR count). The van der Waals surface area contributed by atoms with E-state index in [0.29, 0.717) is 13.0 Å². The number of hydrogen-bond acceptors (Lipinski definition) is 5. The SMILES string of the molecule is CCOC(C)OC1OC=C(C(=O)O)C2CC=C(CO)C12. The number of ether oxygens (including phenoxy) is 3. The third kappa shape index (κ3) is 2.87. The van der Waals surface area contributed by atoms with Crippen molar-refractivity contribution in [3.63, 3.8) is 0 Å². The first-order chi connectivity index (χ1) is 9.58. The molecule has 0 spiro atoms. The van der Waals surface area contributed by atoms with Crippen molar-refractivity contribution in [3.05, 3.63) is 23.5 Å². The summed E-state index contributed by atoms with van der Waals surface area (Å²) in [5.74, 6) is -1.50. The van der Waals surface area contributed by atoms with Gasteiger partial charge in [0.15, 0.2) is 6.29 Å². The molecule has 0 bridgehead atoms. The molecule has 1 aliphatic heterocycles. The topological polar surface area (TPSA) is 85.2 Å². The number of carboxylic acids is 1. The second-order valence-corrected chi connectivity index (χ2v) is 4.85. The highest BCUT2D eigenvalue weighted by atomic mass is 16.8. The fourth-order valence-corrected chi connectivity index (χ4v) is 2.78. The van der Waals surface area contributed by atoms with Gasteiger partial charge in [0, 0.05) is 12.5 Å². The van der Waals surface area contributed by atoms with Crippen molar-refractivity contribution in [2.45, 2.75) is 32.8 Å². The van der Waals surface area contributed by atoms with Crippen LogP contribution in [-0.2, 0) is 19.0 Å². The maximum Gasteiger partial charge on any atom is 0.335 e. The van der Waals surface area contributed by atoms with E-state index < -0.39 is 18.5 Å². The van der Waals surface area contributed by atoms with Crippen LogP contribution in [0.2, 0.25) is 0 Å². The van der Waals surface area contributed by atoms with Gasteiger partial charge in [-0.25, -0.2) is 4.79 Å². The second-order valence-electron chi connectivity index (χ2n) is 4.85. The third-order valence-electron chi connectivity index (χ3n) is 3.67. The van der Waals surface area contributed by atoms with Gasteiger partial charge in [0.05, 0.1) is 24.4 Å². The molecule has 0 saturated carbocycles. The van der Waals surface area contributed by atoms with E-state index in [4.69, 9.17) is 14.2 Å².